The maximum Gasteiger partial charge on any atom is 0.410 e. The van der Waals surface area contributed by atoms with Crippen LogP contribution in [0.3, 0.4) is 0 Å². The Balaban J connectivity index is 3.95. The van der Waals surface area contributed by atoms with Gasteiger partial charge in [-0.05, 0) is 29.5 Å². The zero-order valence-electron chi connectivity index (χ0n) is 15.7. The number of primary amides is 1. The molecule has 0 unspecified atom stereocenters. The van der Waals surface area contributed by atoms with Gasteiger partial charge < -0.3 is 15.2 Å². The van der Waals surface area contributed by atoms with Crippen molar-refractivity contribution in [1.82, 2.24) is 0 Å². The normalized spacial score (nSPS) is 12.6. The molecule has 1 amide bonds. The Morgan fingerprint density at radius 1 is 1.26 bits per heavy atom. The third-order valence-electron chi connectivity index (χ3n) is 3.59. The molecule has 0 aliphatic heterocycles. The highest BCUT2D eigenvalue weighted by Crippen LogP contribution is 2.47. The number of amides is 1. The summed E-state index contributed by atoms with van der Waals surface area (Å²) in [7, 11) is -2.43. The summed E-state index contributed by atoms with van der Waals surface area (Å²) < 4.78 is 35.6. The van der Waals surface area contributed by atoms with Gasteiger partial charge in [0, 0.05) is 6.42 Å². The van der Waals surface area contributed by atoms with Gasteiger partial charge in [-0.3, -0.25) is 4.72 Å². The highest BCUT2D eigenvalue weighted by atomic mass is 35.6. The van der Waals surface area contributed by atoms with Crippen molar-refractivity contribution in [2.24, 2.45) is 5.73 Å². The number of carbonyl (C=O) groups is 1. The van der Waals surface area contributed by atoms with E-state index >= 15 is 0 Å². The highest BCUT2D eigenvalue weighted by molar-refractivity contribution is 7.92. The number of nitrogens with one attached hydrogen (secondary N) is 1. The molecule has 0 saturated carbocycles. The summed E-state index contributed by atoms with van der Waals surface area (Å²) in [6, 6.07) is 1.53. The van der Waals surface area contributed by atoms with Crippen molar-refractivity contribution < 1.29 is 22.7 Å². The molecule has 0 aromatic heterocycles. The first-order valence-corrected chi connectivity index (χ1v) is 10.7. The molecule has 1 rings (SSSR count). The predicted octanol–water partition coefficient (Wildman–Crippen LogP) is 4.12. The van der Waals surface area contributed by atoms with E-state index in [1.807, 2.05) is 20.8 Å². The molecule has 0 fully saturated rings. The summed E-state index contributed by atoms with van der Waals surface area (Å²) in [5.41, 5.74) is 5.66. The zero-order valence-corrected chi connectivity index (χ0v) is 18.7. The minimum atomic E-state index is -3.72. The number of carbonyl (C=O) groups excluding carboxylic acids is 1. The lowest BCUT2D eigenvalue weighted by atomic mass is 9.82. The van der Waals surface area contributed by atoms with Crippen molar-refractivity contribution in [3.63, 3.8) is 0 Å². The van der Waals surface area contributed by atoms with E-state index in [2.05, 4.69) is 4.72 Å². The molecule has 0 radical (unpaired) electrons. The number of halogens is 3. The van der Waals surface area contributed by atoms with Crippen molar-refractivity contribution in [3.05, 3.63) is 17.2 Å². The molecule has 0 bridgehead atoms. The van der Waals surface area contributed by atoms with Gasteiger partial charge in [-0.25, -0.2) is 13.2 Å². The van der Waals surface area contributed by atoms with Gasteiger partial charge in [-0.2, -0.15) is 0 Å². The molecular formula is C16H23Cl3N2O5S. The van der Waals surface area contributed by atoms with Gasteiger partial charge in [0.2, 0.25) is 10.0 Å². The first-order valence-electron chi connectivity index (χ1n) is 7.90. The Labute approximate surface area is 174 Å². The quantitative estimate of drug-likeness (QED) is 0.619. The summed E-state index contributed by atoms with van der Waals surface area (Å²) >= 11 is 18.0. The number of rotatable bonds is 6. The summed E-state index contributed by atoms with van der Waals surface area (Å²) in [6.07, 6.45) is -1.19. The molecule has 0 heterocycles. The topological polar surface area (TPSA) is 108 Å². The number of hydrogen-bond donors (Lipinski definition) is 2. The Kier molecular flexibility index (Phi) is 7.55. The lowest BCUT2D eigenvalue weighted by molar-refractivity contribution is 0.208. The van der Waals surface area contributed by atoms with E-state index < -0.39 is 25.3 Å². The van der Waals surface area contributed by atoms with Gasteiger partial charge >= 0.3 is 6.09 Å². The van der Waals surface area contributed by atoms with Crippen molar-refractivity contribution in [2.45, 2.75) is 43.3 Å². The molecule has 0 aliphatic rings. The smallest absolute Gasteiger partial charge is 0.410 e. The highest BCUT2D eigenvalue weighted by Gasteiger charge is 2.33. The van der Waals surface area contributed by atoms with Crippen LogP contribution in [0, 0.1) is 0 Å². The van der Waals surface area contributed by atoms with Gasteiger partial charge in [-0.1, -0.05) is 55.6 Å². The van der Waals surface area contributed by atoms with Crippen LogP contribution in [-0.4, -0.2) is 31.2 Å². The van der Waals surface area contributed by atoms with E-state index in [0.29, 0.717) is 11.1 Å². The van der Waals surface area contributed by atoms with Crippen molar-refractivity contribution in [2.75, 3.05) is 17.6 Å². The number of ether oxygens (including phenoxy) is 2. The first kappa shape index (κ1) is 23.9. The molecule has 27 heavy (non-hydrogen) atoms. The van der Waals surface area contributed by atoms with E-state index in [0.717, 1.165) is 0 Å². The lowest BCUT2D eigenvalue weighted by Gasteiger charge is -2.29. The second-order valence-corrected chi connectivity index (χ2v) is 11.3. The molecule has 1 aromatic rings. The molecule has 0 saturated heterocycles. The van der Waals surface area contributed by atoms with Gasteiger partial charge in [0.15, 0.2) is 15.3 Å². The molecular weight excluding hydrogens is 439 g/mol. The SMILES string of the molecule is CCS(=O)(=O)Nc1c(CC(Cl)(Cl)Cl)c(C(C)(C)C)cc(OC(N)=O)c1OC. The Morgan fingerprint density at radius 2 is 1.81 bits per heavy atom. The van der Waals surface area contributed by atoms with E-state index in [4.69, 9.17) is 50.0 Å². The summed E-state index contributed by atoms with van der Waals surface area (Å²) in [6.45, 7) is 7.10. The molecule has 11 heteroatoms. The van der Waals surface area contributed by atoms with E-state index in [9.17, 15) is 13.2 Å². The largest absolute Gasteiger partial charge is 0.491 e. The van der Waals surface area contributed by atoms with Crippen LogP contribution in [0.1, 0.15) is 38.8 Å². The minimum Gasteiger partial charge on any atom is -0.491 e. The number of sulfonamides is 1. The van der Waals surface area contributed by atoms with Crippen LogP contribution in [0.25, 0.3) is 0 Å². The maximum absolute atomic E-state index is 12.3. The average molecular weight is 462 g/mol. The van der Waals surface area contributed by atoms with E-state index in [1.54, 1.807) is 0 Å². The number of benzene rings is 1. The average Bonchev–Trinajstić information content (AvgIpc) is 2.46. The second-order valence-electron chi connectivity index (χ2n) is 6.78. The van der Waals surface area contributed by atoms with E-state index in [-0.39, 0.29) is 29.4 Å². The standard InChI is InChI=1S/C16H23Cl3N2O5S/c1-6-27(23,24)21-12-9(8-16(17,18)19)10(15(2,3)4)7-11(13(12)25-5)26-14(20)22/h7,21H,6,8H2,1-5H3,(H2,20,22). The summed E-state index contributed by atoms with van der Waals surface area (Å²) in [5, 5.41) is 0. The molecule has 3 N–H and O–H groups in total. The zero-order chi connectivity index (χ0) is 21.2. The number of nitrogens with two attached hydrogens (primary N) is 1. The van der Waals surface area contributed by atoms with Gasteiger partial charge in [0.1, 0.15) is 0 Å². The summed E-state index contributed by atoms with van der Waals surface area (Å²) in [4.78, 5) is 11.3. The van der Waals surface area contributed by atoms with Gasteiger partial charge in [0.25, 0.3) is 0 Å². The van der Waals surface area contributed by atoms with Crippen LogP contribution < -0.4 is 19.9 Å². The fourth-order valence-electron chi connectivity index (χ4n) is 2.45. The van der Waals surface area contributed by atoms with E-state index in [1.165, 1.54) is 20.1 Å². The Bertz CT molecular complexity index is 815. The van der Waals surface area contributed by atoms with Gasteiger partial charge in [0.05, 0.1) is 18.6 Å². The Morgan fingerprint density at radius 3 is 2.19 bits per heavy atom. The first-order chi connectivity index (χ1) is 12.1. The van der Waals surface area contributed by atoms with Crippen LogP contribution in [-0.2, 0) is 21.9 Å². The predicted molar refractivity (Wildman–Crippen MR) is 109 cm³/mol. The molecule has 7 nitrogen and oxygen atoms in total. The maximum atomic E-state index is 12.3. The summed E-state index contributed by atoms with van der Waals surface area (Å²) in [5.74, 6) is -0.283. The monoisotopic (exact) mass is 460 g/mol. The number of methoxy groups -OCH3 is 1. The van der Waals surface area contributed by atoms with Crippen molar-refractivity contribution in [3.8, 4) is 11.5 Å². The molecule has 154 valence electrons. The molecule has 0 atom stereocenters. The van der Waals surface area contributed by atoms with Crippen LogP contribution in [0.2, 0.25) is 0 Å². The van der Waals surface area contributed by atoms with Crippen LogP contribution in [0.15, 0.2) is 6.07 Å². The minimum absolute atomic E-state index is 0.0364. The van der Waals surface area contributed by atoms with Crippen LogP contribution >= 0.6 is 34.8 Å². The molecule has 1 aromatic carbocycles. The lowest BCUT2D eigenvalue weighted by Crippen LogP contribution is -2.24. The molecule has 0 aliphatic carbocycles. The second kappa shape index (κ2) is 8.51. The van der Waals surface area contributed by atoms with Crippen molar-refractivity contribution in [1.29, 1.82) is 0 Å². The fourth-order valence-corrected chi connectivity index (χ4v) is 3.53. The van der Waals surface area contributed by atoms with Crippen LogP contribution in [0.4, 0.5) is 10.5 Å². The number of alkyl halides is 3. The van der Waals surface area contributed by atoms with Crippen molar-refractivity contribution >= 4 is 56.6 Å². The third kappa shape index (κ3) is 6.78. The number of hydrogen-bond acceptors (Lipinski definition) is 5. The van der Waals surface area contributed by atoms with Gasteiger partial charge in [-0.15, -0.1) is 0 Å². The fraction of sp³-hybridized carbons (Fsp3) is 0.562. The molecule has 0 spiro atoms. The van der Waals surface area contributed by atoms with Crippen LogP contribution in [0.5, 0.6) is 11.5 Å². The Hall–Kier alpha value is -1.09. The number of anilines is 1. The third-order valence-corrected chi connectivity index (χ3v) is 5.27.